The maximum atomic E-state index is 11.3. The maximum Gasteiger partial charge on any atom is 0.340 e. The second-order valence-corrected chi connectivity index (χ2v) is 2.91. The molecule has 5 heteroatoms. The molecule has 0 aliphatic carbocycles. The number of pyridine rings is 1. The standard InChI is InChI=1S/C9H10BrNO2.ClH/c1-2-13-9(12)7-4-3-5-11-8(7)6-10;/h3-5H,2,6H2,1H3;1H. The lowest BCUT2D eigenvalue weighted by atomic mass is 10.2. The van der Waals surface area contributed by atoms with E-state index in [1.807, 2.05) is 0 Å². The fraction of sp³-hybridized carbons (Fsp3) is 0.333. The van der Waals surface area contributed by atoms with E-state index in [1.54, 1.807) is 25.3 Å². The number of rotatable bonds is 3. The number of esters is 1. The first kappa shape index (κ1) is 13.4. The molecule has 1 aromatic rings. The molecule has 0 unspecified atom stereocenters. The molecular formula is C9H11BrClNO2. The lowest BCUT2D eigenvalue weighted by Crippen LogP contribution is -2.08. The maximum absolute atomic E-state index is 11.3. The Morgan fingerprint density at radius 2 is 2.36 bits per heavy atom. The highest BCUT2D eigenvalue weighted by Gasteiger charge is 2.11. The smallest absolute Gasteiger partial charge is 0.340 e. The highest BCUT2D eigenvalue weighted by Crippen LogP contribution is 2.10. The molecule has 0 bridgehead atoms. The topological polar surface area (TPSA) is 39.2 Å². The molecule has 0 amide bonds. The molecule has 0 spiro atoms. The molecule has 1 heterocycles. The highest BCUT2D eigenvalue weighted by molar-refractivity contribution is 9.08. The Bertz CT molecular complexity index is 307. The van der Waals surface area contributed by atoms with Gasteiger partial charge in [0.05, 0.1) is 17.9 Å². The van der Waals surface area contributed by atoms with Crippen molar-refractivity contribution in [3.63, 3.8) is 0 Å². The van der Waals surface area contributed by atoms with Crippen molar-refractivity contribution in [1.82, 2.24) is 4.98 Å². The van der Waals surface area contributed by atoms with Crippen LogP contribution in [-0.4, -0.2) is 17.6 Å². The van der Waals surface area contributed by atoms with Crippen LogP contribution in [0.3, 0.4) is 0 Å². The summed E-state index contributed by atoms with van der Waals surface area (Å²) >= 11 is 3.26. The summed E-state index contributed by atoms with van der Waals surface area (Å²) in [5.41, 5.74) is 1.24. The first-order valence-corrected chi connectivity index (χ1v) is 5.08. The van der Waals surface area contributed by atoms with Crippen LogP contribution in [0.1, 0.15) is 23.0 Å². The SMILES string of the molecule is CCOC(=O)c1cccnc1CBr.Cl. The van der Waals surface area contributed by atoms with Gasteiger partial charge in [0.15, 0.2) is 0 Å². The lowest BCUT2D eigenvalue weighted by molar-refractivity contribution is 0.0525. The van der Waals surface area contributed by atoms with Crippen LogP contribution < -0.4 is 0 Å². The van der Waals surface area contributed by atoms with Crippen molar-refractivity contribution in [3.8, 4) is 0 Å². The van der Waals surface area contributed by atoms with E-state index in [9.17, 15) is 4.79 Å². The Labute approximate surface area is 97.4 Å². The summed E-state index contributed by atoms with van der Waals surface area (Å²) in [6.45, 7) is 2.16. The number of alkyl halides is 1. The monoisotopic (exact) mass is 279 g/mol. The minimum atomic E-state index is -0.315. The summed E-state index contributed by atoms with van der Waals surface area (Å²) in [4.78, 5) is 15.4. The quantitative estimate of drug-likeness (QED) is 0.631. The van der Waals surface area contributed by atoms with E-state index >= 15 is 0 Å². The molecule has 0 N–H and O–H groups in total. The zero-order valence-corrected chi connectivity index (χ0v) is 10.1. The summed E-state index contributed by atoms with van der Waals surface area (Å²) in [6, 6.07) is 3.43. The summed E-state index contributed by atoms with van der Waals surface area (Å²) < 4.78 is 4.87. The van der Waals surface area contributed by atoms with Crippen molar-refractivity contribution in [2.75, 3.05) is 6.61 Å². The van der Waals surface area contributed by atoms with Crippen LogP contribution in [0.15, 0.2) is 18.3 Å². The summed E-state index contributed by atoms with van der Waals surface area (Å²) in [5.74, 6) is -0.315. The van der Waals surface area contributed by atoms with Gasteiger partial charge in [0.25, 0.3) is 0 Å². The molecule has 0 fully saturated rings. The number of halogens is 2. The van der Waals surface area contributed by atoms with Gasteiger partial charge in [0.2, 0.25) is 0 Å². The number of carbonyl (C=O) groups is 1. The largest absolute Gasteiger partial charge is 0.462 e. The first-order valence-electron chi connectivity index (χ1n) is 3.96. The van der Waals surface area contributed by atoms with Gasteiger partial charge in [-0.3, -0.25) is 4.98 Å². The van der Waals surface area contributed by atoms with Crippen molar-refractivity contribution < 1.29 is 9.53 Å². The predicted molar refractivity (Wildman–Crippen MR) is 60.1 cm³/mol. The van der Waals surface area contributed by atoms with Crippen LogP contribution >= 0.6 is 28.3 Å². The average Bonchev–Trinajstić information content (AvgIpc) is 2.18. The van der Waals surface area contributed by atoms with E-state index in [-0.39, 0.29) is 18.4 Å². The minimum absolute atomic E-state index is 0. The van der Waals surface area contributed by atoms with E-state index in [2.05, 4.69) is 20.9 Å². The number of hydrogen-bond acceptors (Lipinski definition) is 3. The van der Waals surface area contributed by atoms with Gasteiger partial charge in [-0.2, -0.15) is 0 Å². The van der Waals surface area contributed by atoms with E-state index in [0.29, 0.717) is 23.2 Å². The number of aromatic nitrogens is 1. The Morgan fingerprint density at radius 3 is 2.93 bits per heavy atom. The van der Waals surface area contributed by atoms with E-state index in [4.69, 9.17) is 4.74 Å². The van der Waals surface area contributed by atoms with Crippen molar-refractivity contribution in [1.29, 1.82) is 0 Å². The highest BCUT2D eigenvalue weighted by atomic mass is 79.9. The molecule has 14 heavy (non-hydrogen) atoms. The molecule has 0 aromatic carbocycles. The van der Waals surface area contributed by atoms with Gasteiger partial charge in [-0.15, -0.1) is 12.4 Å². The zero-order chi connectivity index (χ0) is 9.68. The molecule has 1 aromatic heterocycles. The van der Waals surface area contributed by atoms with Crippen molar-refractivity contribution in [2.45, 2.75) is 12.3 Å². The molecule has 0 saturated heterocycles. The van der Waals surface area contributed by atoms with E-state index in [0.717, 1.165) is 0 Å². The number of nitrogens with zero attached hydrogens (tertiary/aromatic N) is 1. The Hall–Kier alpha value is -0.610. The molecule has 3 nitrogen and oxygen atoms in total. The molecule has 0 radical (unpaired) electrons. The zero-order valence-electron chi connectivity index (χ0n) is 7.70. The normalized spacial score (nSPS) is 9.00. The van der Waals surface area contributed by atoms with Crippen molar-refractivity contribution >= 4 is 34.3 Å². The van der Waals surface area contributed by atoms with Gasteiger partial charge in [0.1, 0.15) is 0 Å². The molecule has 0 aliphatic heterocycles. The Kier molecular flexibility index (Phi) is 6.49. The number of hydrogen-bond donors (Lipinski definition) is 0. The van der Waals surface area contributed by atoms with Crippen molar-refractivity contribution in [3.05, 3.63) is 29.6 Å². The third-order valence-corrected chi connectivity index (χ3v) is 2.04. The summed E-state index contributed by atoms with van der Waals surface area (Å²) in [6.07, 6.45) is 1.65. The first-order chi connectivity index (χ1) is 6.29. The van der Waals surface area contributed by atoms with Crippen LogP contribution in [0.4, 0.5) is 0 Å². The molecule has 78 valence electrons. The Balaban J connectivity index is 0.00000169. The number of carbonyl (C=O) groups excluding carboxylic acids is 1. The summed E-state index contributed by atoms with van der Waals surface area (Å²) in [7, 11) is 0. The van der Waals surface area contributed by atoms with E-state index in [1.165, 1.54) is 0 Å². The van der Waals surface area contributed by atoms with Crippen molar-refractivity contribution in [2.24, 2.45) is 0 Å². The second-order valence-electron chi connectivity index (χ2n) is 2.35. The lowest BCUT2D eigenvalue weighted by Gasteiger charge is -2.04. The Morgan fingerprint density at radius 1 is 1.64 bits per heavy atom. The van der Waals surface area contributed by atoms with Gasteiger partial charge in [-0.1, -0.05) is 15.9 Å². The molecule has 0 aliphatic rings. The van der Waals surface area contributed by atoms with E-state index < -0.39 is 0 Å². The predicted octanol–water partition coefficient (Wildman–Crippen LogP) is 2.58. The van der Waals surface area contributed by atoms with Gasteiger partial charge in [-0.05, 0) is 19.1 Å². The van der Waals surface area contributed by atoms with Gasteiger partial charge >= 0.3 is 5.97 Å². The molecule has 1 rings (SSSR count). The van der Waals surface area contributed by atoms with Crippen LogP contribution in [0.5, 0.6) is 0 Å². The van der Waals surface area contributed by atoms with Crippen LogP contribution in [0, 0.1) is 0 Å². The fourth-order valence-electron chi connectivity index (χ4n) is 0.939. The van der Waals surface area contributed by atoms with Gasteiger partial charge in [-0.25, -0.2) is 4.79 Å². The summed E-state index contributed by atoms with van der Waals surface area (Å²) in [5, 5.41) is 0.558. The van der Waals surface area contributed by atoms with Gasteiger partial charge < -0.3 is 4.74 Å². The van der Waals surface area contributed by atoms with Crippen LogP contribution in [-0.2, 0) is 10.1 Å². The molecular weight excluding hydrogens is 269 g/mol. The minimum Gasteiger partial charge on any atom is -0.462 e. The average molecular weight is 281 g/mol. The third kappa shape index (κ3) is 3.27. The second kappa shape index (κ2) is 6.79. The van der Waals surface area contributed by atoms with Gasteiger partial charge in [0, 0.05) is 11.5 Å². The molecule has 0 atom stereocenters. The fourth-order valence-corrected chi connectivity index (χ4v) is 1.39. The number of ether oxygens (including phenoxy) is 1. The molecule has 0 saturated carbocycles. The van der Waals surface area contributed by atoms with Crippen LogP contribution in [0.25, 0.3) is 0 Å². The third-order valence-electron chi connectivity index (χ3n) is 1.51. The van der Waals surface area contributed by atoms with Crippen LogP contribution in [0.2, 0.25) is 0 Å².